The summed E-state index contributed by atoms with van der Waals surface area (Å²) in [4.78, 5) is 25.3. The molecule has 0 radical (unpaired) electrons. The second kappa shape index (κ2) is 6.94. The van der Waals surface area contributed by atoms with Gasteiger partial charge < -0.3 is 10.1 Å². The molecule has 1 saturated heterocycles. The Kier molecular flexibility index (Phi) is 4.86. The van der Waals surface area contributed by atoms with E-state index in [0.29, 0.717) is 24.5 Å². The van der Waals surface area contributed by atoms with Gasteiger partial charge in [-0.15, -0.1) is 0 Å². The van der Waals surface area contributed by atoms with E-state index in [4.69, 9.17) is 21.5 Å². The largest absolute Gasteiger partial charge is 0.447 e. The van der Waals surface area contributed by atoms with Gasteiger partial charge in [0.15, 0.2) is 0 Å². The molecule has 3 N–H and O–H groups in total. The Labute approximate surface area is 154 Å². The minimum atomic E-state index is -3.97. The number of nitrogens with one attached hydrogen (secondary N) is 1. The number of sulfonamides is 1. The van der Waals surface area contributed by atoms with Crippen LogP contribution in [0, 0.1) is 0 Å². The molecule has 0 saturated carbocycles. The summed E-state index contributed by atoms with van der Waals surface area (Å²) in [5, 5.41) is 7.78. The number of amides is 2. The quantitative estimate of drug-likeness (QED) is 0.822. The van der Waals surface area contributed by atoms with Crippen molar-refractivity contribution in [2.24, 2.45) is 5.14 Å². The fourth-order valence-corrected chi connectivity index (χ4v) is 3.18. The van der Waals surface area contributed by atoms with Gasteiger partial charge >= 0.3 is 6.09 Å². The van der Waals surface area contributed by atoms with Gasteiger partial charge in [-0.25, -0.2) is 18.4 Å². The van der Waals surface area contributed by atoms with Crippen molar-refractivity contribution in [3.63, 3.8) is 0 Å². The normalized spacial score (nSPS) is 14.2. The molecule has 1 fully saturated rings. The first-order chi connectivity index (χ1) is 12.3. The zero-order valence-electron chi connectivity index (χ0n) is 13.3. The molecule has 10 heteroatoms. The predicted octanol–water partition coefficient (Wildman–Crippen LogP) is 2.20. The van der Waals surface area contributed by atoms with Crippen molar-refractivity contribution >= 4 is 45.0 Å². The Morgan fingerprint density at radius 3 is 2.65 bits per heavy atom. The fourth-order valence-electron chi connectivity index (χ4n) is 2.43. The third-order valence-electron chi connectivity index (χ3n) is 3.69. The van der Waals surface area contributed by atoms with Crippen molar-refractivity contribution < 1.29 is 22.7 Å². The van der Waals surface area contributed by atoms with E-state index in [1.807, 2.05) is 0 Å². The van der Waals surface area contributed by atoms with E-state index in [0.717, 1.165) is 6.07 Å². The Balaban J connectivity index is 1.86. The maximum absolute atomic E-state index is 12.5. The summed E-state index contributed by atoms with van der Waals surface area (Å²) in [5.74, 6) is -0.610. The molecule has 1 heterocycles. The molecule has 0 unspecified atom stereocenters. The number of rotatable bonds is 4. The molecule has 26 heavy (non-hydrogen) atoms. The highest BCUT2D eigenvalue weighted by Gasteiger charge is 2.24. The Hall–Kier alpha value is -2.62. The number of nitrogens with two attached hydrogens (primary N) is 1. The zero-order chi connectivity index (χ0) is 18.9. The van der Waals surface area contributed by atoms with Crippen LogP contribution < -0.4 is 15.4 Å². The lowest BCUT2D eigenvalue weighted by Gasteiger charge is -2.14. The molecule has 2 aromatic rings. The molecule has 0 atom stereocenters. The van der Waals surface area contributed by atoms with Crippen molar-refractivity contribution in [3.05, 3.63) is 53.1 Å². The van der Waals surface area contributed by atoms with Crippen LogP contribution in [0.3, 0.4) is 0 Å². The number of carbonyl (C=O) groups excluding carboxylic acids is 2. The van der Waals surface area contributed by atoms with Crippen molar-refractivity contribution in [3.8, 4) is 0 Å². The van der Waals surface area contributed by atoms with Gasteiger partial charge in [-0.2, -0.15) is 0 Å². The number of hydrogen-bond acceptors (Lipinski definition) is 5. The summed E-state index contributed by atoms with van der Waals surface area (Å²) in [5.41, 5.74) is 0.933. The monoisotopic (exact) mass is 395 g/mol. The van der Waals surface area contributed by atoms with Crippen LogP contribution in [0.1, 0.15) is 10.4 Å². The molecule has 0 aromatic heterocycles. The maximum atomic E-state index is 12.5. The van der Waals surface area contributed by atoms with E-state index < -0.39 is 22.0 Å². The number of cyclic esters (lactones) is 1. The Bertz CT molecular complexity index is 993. The zero-order valence-corrected chi connectivity index (χ0v) is 14.9. The first-order valence-corrected chi connectivity index (χ1v) is 9.36. The lowest BCUT2D eigenvalue weighted by atomic mass is 10.2. The summed E-state index contributed by atoms with van der Waals surface area (Å²) in [6.45, 7) is 0.712. The van der Waals surface area contributed by atoms with Gasteiger partial charge in [0.05, 0.1) is 22.0 Å². The molecule has 0 bridgehead atoms. The summed E-state index contributed by atoms with van der Waals surface area (Å²) in [7, 11) is -3.97. The second-order valence-corrected chi connectivity index (χ2v) is 7.43. The molecule has 136 valence electrons. The molecule has 2 aromatic carbocycles. The van der Waals surface area contributed by atoms with Crippen molar-refractivity contribution in [2.45, 2.75) is 4.90 Å². The SMILES string of the molecule is NS(=O)(=O)c1ccc(Cl)c(C(=O)Nc2cccc(N3CCOC3=O)c2)c1. The highest BCUT2D eigenvalue weighted by atomic mass is 35.5. The molecule has 3 rings (SSSR count). The molecule has 0 spiro atoms. The molecule has 1 aliphatic heterocycles. The summed E-state index contributed by atoms with van der Waals surface area (Å²) >= 11 is 6.00. The van der Waals surface area contributed by atoms with Crippen LogP contribution >= 0.6 is 11.6 Å². The first kappa shape index (κ1) is 18.2. The van der Waals surface area contributed by atoms with Crippen LogP contribution in [0.4, 0.5) is 16.2 Å². The first-order valence-electron chi connectivity index (χ1n) is 7.44. The molecular formula is C16H14ClN3O5S. The predicted molar refractivity (Wildman–Crippen MR) is 95.9 cm³/mol. The highest BCUT2D eigenvalue weighted by Crippen LogP contribution is 2.25. The number of halogens is 1. The van der Waals surface area contributed by atoms with Crippen molar-refractivity contribution in [1.82, 2.24) is 0 Å². The Morgan fingerprint density at radius 1 is 1.23 bits per heavy atom. The number of nitrogens with zero attached hydrogens (tertiary/aromatic N) is 1. The lowest BCUT2D eigenvalue weighted by Crippen LogP contribution is -2.23. The van der Waals surface area contributed by atoms with Gasteiger partial charge in [-0.3, -0.25) is 9.69 Å². The number of ether oxygens (including phenoxy) is 1. The summed E-state index contributed by atoms with van der Waals surface area (Å²) in [6.07, 6.45) is -0.461. The molecule has 8 nitrogen and oxygen atoms in total. The van der Waals surface area contributed by atoms with Crippen LogP contribution in [0.15, 0.2) is 47.4 Å². The van der Waals surface area contributed by atoms with E-state index in [1.165, 1.54) is 17.0 Å². The maximum Gasteiger partial charge on any atom is 0.414 e. The van der Waals surface area contributed by atoms with Crippen molar-refractivity contribution in [1.29, 1.82) is 0 Å². The highest BCUT2D eigenvalue weighted by molar-refractivity contribution is 7.89. The third-order valence-corrected chi connectivity index (χ3v) is 4.93. The standard InChI is InChI=1S/C16H14ClN3O5S/c17-14-5-4-12(26(18,23)24)9-13(14)15(21)19-10-2-1-3-11(8-10)20-6-7-25-16(20)22/h1-5,8-9H,6-7H2,(H,19,21)(H2,18,23,24). The van der Waals surface area contributed by atoms with Crippen LogP contribution in [0.5, 0.6) is 0 Å². The number of benzene rings is 2. The Morgan fingerprint density at radius 2 is 2.00 bits per heavy atom. The van der Waals surface area contributed by atoms with E-state index in [2.05, 4.69) is 5.32 Å². The van der Waals surface area contributed by atoms with Crippen LogP contribution in [-0.2, 0) is 14.8 Å². The van der Waals surface area contributed by atoms with E-state index in [1.54, 1.807) is 24.3 Å². The van der Waals surface area contributed by atoms with Gasteiger partial charge in [0, 0.05) is 11.4 Å². The molecule has 1 aliphatic rings. The average Bonchev–Trinajstić information content (AvgIpc) is 3.00. The van der Waals surface area contributed by atoms with Crippen molar-refractivity contribution in [2.75, 3.05) is 23.4 Å². The minimum absolute atomic E-state index is 0.0378. The summed E-state index contributed by atoms with van der Waals surface area (Å²) < 4.78 is 27.8. The third kappa shape index (κ3) is 3.79. The number of hydrogen-bond donors (Lipinski definition) is 2. The number of anilines is 2. The minimum Gasteiger partial charge on any atom is -0.447 e. The van der Waals surface area contributed by atoms with E-state index in [9.17, 15) is 18.0 Å². The molecular weight excluding hydrogens is 382 g/mol. The van der Waals surface area contributed by atoms with Crippen LogP contribution in [-0.4, -0.2) is 33.6 Å². The lowest BCUT2D eigenvalue weighted by molar-refractivity contribution is 0.102. The van der Waals surface area contributed by atoms with E-state index in [-0.39, 0.29) is 15.5 Å². The number of carbonyl (C=O) groups is 2. The van der Waals surface area contributed by atoms with Gasteiger partial charge in [-0.05, 0) is 36.4 Å². The van der Waals surface area contributed by atoms with Gasteiger partial charge in [0.1, 0.15) is 6.61 Å². The van der Waals surface area contributed by atoms with Crippen LogP contribution in [0.2, 0.25) is 5.02 Å². The second-order valence-electron chi connectivity index (χ2n) is 5.46. The number of primary sulfonamides is 1. The molecule has 2 amide bonds. The average molecular weight is 396 g/mol. The topological polar surface area (TPSA) is 119 Å². The smallest absolute Gasteiger partial charge is 0.414 e. The van der Waals surface area contributed by atoms with Gasteiger partial charge in [-0.1, -0.05) is 17.7 Å². The molecule has 0 aliphatic carbocycles. The van der Waals surface area contributed by atoms with E-state index >= 15 is 0 Å². The van der Waals surface area contributed by atoms with Gasteiger partial charge in [0.2, 0.25) is 10.0 Å². The van der Waals surface area contributed by atoms with Crippen LogP contribution in [0.25, 0.3) is 0 Å². The summed E-state index contributed by atoms with van der Waals surface area (Å²) in [6, 6.07) is 10.2. The van der Waals surface area contributed by atoms with Gasteiger partial charge in [0.25, 0.3) is 5.91 Å². The fraction of sp³-hybridized carbons (Fsp3) is 0.125.